The van der Waals surface area contributed by atoms with Gasteiger partial charge in [-0.3, -0.25) is 0 Å². The molecule has 6 heteroatoms. The zero-order chi connectivity index (χ0) is 14.8. The molecule has 0 radical (unpaired) electrons. The molecule has 0 amide bonds. The van der Waals surface area contributed by atoms with E-state index >= 15 is 0 Å². The normalized spacial score (nSPS) is 10.8. The van der Waals surface area contributed by atoms with Gasteiger partial charge in [0.1, 0.15) is 5.75 Å². The Morgan fingerprint density at radius 1 is 1.24 bits per heavy atom. The Balaban J connectivity index is 2.04. The molecule has 0 aliphatic heterocycles. The number of ether oxygens (including phenoxy) is 1. The first-order valence-corrected chi connectivity index (χ1v) is 7.62. The number of halogens is 1. The molecule has 4 nitrogen and oxygen atoms in total. The van der Waals surface area contributed by atoms with Crippen LogP contribution in [0, 0.1) is 0 Å². The topological polar surface area (TPSA) is 61.3 Å². The predicted molar refractivity (Wildman–Crippen MR) is 85.8 cm³/mol. The number of hydrogen-bond acceptors (Lipinski definition) is 5. The number of rotatable bonds is 4. The summed E-state index contributed by atoms with van der Waals surface area (Å²) in [7, 11) is 0. The van der Waals surface area contributed by atoms with Gasteiger partial charge in [-0.1, -0.05) is 28.9 Å². The summed E-state index contributed by atoms with van der Waals surface area (Å²) in [6, 6.07) is 11.4. The van der Waals surface area contributed by atoms with Crippen LogP contribution in [0.3, 0.4) is 0 Å². The highest BCUT2D eigenvalue weighted by Gasteiger charge is 2.19. The summed E-state index contributed by atoms with van der Waals surface area (Å²) in [4.78, 5) is 0.896. The Kier molecular flexibility index (Phi) is 3.86. The summed E-state index contributed by atoms with van der Waals surface area (Å²) in [6.07, 6.45) is 0. The van der Waals surface area contributed by atoms with Crippen LogP contribution >= 0.6 is 22.9 Å². The van der Waals surface area contributed by atoms with Gasteiger partial charge in [0.15, 0.2) is 11.6 Å². The molecule has 2 aromatic heterocycles. The second-order valence-corrected chi connectivity index (χ2v) is 6.05. The molecule has 0 spiro atoms. The van der Waals surface area contributed by atoms with E-state index in [1.165, 1.54) is 11.3 Å². The van der Waals surface area contributed by atoms with Crippen molar-refractivity contribution >= 4 is 28.8 Å². The van der Waals surface area contributed by atoms with Crippen LogP contribution in [0.15, 0.2) is 40.9 Å². The molecule has 0 saturated carbocycles. The highest BCUT2D eigenvalue weighted by Crippen LogP contribution is 2.40. The highest BCUT2D eigenvalue weighted by atomic mass is 35.5. The van der Waals surface area contributed by atoms with Gasteiger partial charge in [0.2, 0.25) is 0 Å². The lowest BCUT2D eigenvalue weighted by Gasteiger charge is -2.05. The van der Waals surface area contributed by atoms with Crippen LogP contribution in [-0.4, -0.2) is 11.8 Å². The number of nitrogen functional groups attached to an aromatic ring is 1. The molecule has 0 unspecified atom stereocenters. The molecule has 21 heavy (non-hydrogen) atoms. The van der Waals surface area contributed by atoms with Gasteiger partial charge < -0.3 is 15.0 Å². The summed E-state index contributed by atoms with van der Waals surface area (Å²) in [6.45, 7) is 2.58. The molecule has 0 aliphatic carbocycles. The van der Waals surface area contributed by atoms with Crippen molar-refractivity contribution in [1.29, 1.82) is 0 Å². The molecule has 3 rings (SSSR count). The number of anilines is 1. The van der Waals surface area contributed by atoms with Crippen molar-refractivity contribution in [3.63, 3.8) is 0 Å². The molecular weight excluding hydrogens is 308 g/mol. The third-order valence-electron chi connectivity index (χ3n) is 2.97. The van der Waals surface area contributed by atoms with Crippen molar-refractivity contribution in [1.82, 2.24) is 5.16 Å². The van der Waals surface area contributed by atoms with Gasteiger partial charge in [-0.05, 0) is 36.8 Å². The Bertz CT molecular complexity index is 749. The van der Waals surface area contributed by atoms with Crippen LogP contribution < -0.4 is 10.5 Å². The van der Waals surface area contributed by atoms with Gasteiger partial charge in [0.05, 0.1) is 21.4 Å². The monoisotopic (exact) mass is 320 g/mol. The van der Waals surface area contributed by atoms with Gasteiger partial charge in [0, 0.05) is 0 Å². The average molecular weight is 321 g/mol. The van der Waals surface area contributed by atoms with Crippen molar-refractivity contribution in [2.45, 2.75) is 6.92 Å². The minimum absolute atomic E-state index is 0.360. The highest BCUT2D eigenvalue weighted by molar-refractivity contribution is 7.19. The smallest absolute Gasteiger partial charge is 0.186 e. The molecule has 2 N–H and O–H groups in total. The van der Waals surface area contributed by atoms with E-state index in [9.17, 15) is 0 Å². The molecule has 0 bridgehead atoms. The van der Waals surface area contributed by atoms with Crippen molar-refractivity contribution in [2.24, 2.45) is 0 Å². The predicted octanol–water partition coefficient (Wildman–Crippen LogP) is 4.70. The van der Waals surface area contributed by atoms with Crippen LogP contribution in [0.25, 0.3) is 21.8 Å². The van der Waals surface area contributed by atoms with Gasteiger partial charge in [-0.15, -0.1) is 11.3 Å². The second-order valence-electron chi connectivity index (χ2n) is 4.33. The Morgan fingerprint density at radius 2 is 2.00 bits per heavy atom. The average Bonchev–Trinajstić information content (AvgIpc) is 3.06. The lowest BCUT2D eigenvalue weighted by atomic mass is 10.0. The zero-order valence-corrected chi connectivity index (χ0v) is 12.9. The molecule has 108 valence electrons. The molecule has 0 saturated heterocycles. The van der Waals surface area contributed by atoms with E-state index < -0.39 is 0 Å². The van der Waals surface area contributed by atoms with Gasteiger partial charge in [-0.2, -0.15) is 0 Å². The van der Waals surface area contributed by atoms with Crippen molar-refractivity contribution in [2.75, 3.05) is 12.3 Å². The molecule has 3 aromatic rings. The number of benzene rings is 1. The first kappa shape index (κ1) is 14.0. The lowest BCUT2D eigenvalue weighted by Crippen LogP contribution is -1.92. The summed E-state index contributed by atoms with van der Waals surface area (Å²) in [5, 5.41) is 3.87. The first-order valence-electron chi connectivity index (χ1n) is 6.43. The van der Waals surface area contributed by atoms with Crippen molar-refractivity contribution in [3.05, 3.63) is 40.7 Å². The van der Waals surface area contributed by atoms with Crippen LogP contribution in [0.4, 0.5) is 5.82 Å². The summed E-state index contributed by atoms with van der Waals surface area (Å²) in [5.74, 6) is 1.81. The number of nitrogens with zero attached hydrogens (tertiary/aromatic N) is 1. The molecule has 0 aliphatic rings. The van der Waals surface area contributed by atoms with Crippen LogP contribution in [0.5, 0.6) is 5.75 Å². The minimum Gasteiger partial charge on any atom is -0.494 e. The van der Waals surface area contributed by atoms with E-state index in [1.807, 2.05) is 43.3 Å². The summed E-state index contributed by atoms with van der Waals surface area (Å²) >= 11 is 7.41. The van der Waals surface area contributed by atoms with E-state index in [1.54, 1.807) is 0 Å². The van der Waals surface area contributed by atoms with E-state index in [2.05, 4.69) is 5.16 Å². The van der Waals surface area contributed by atoms with E-state index in [-0.39, 0.29) is 0 Å². The number of nitrogens with two attached hydrogens (primary N) is 1. The fraction of sp³-hybridized carbons (Fsp3) is 0.133. The van der Waals surface area contributed by atoms with Gasteiger partial charge in [0.25, 0.3) is 0 Å². The molecule has 0 fully saturated rings. The number of thiophene rings is 1. The second kappa shape index (κ2) is 5.79. The standard InChI is InChI=1S/C15H13ClN2O2S/c1-2-19-10-5-3-9(4-6-10)13-14(20-18-15(13)17)11-7-8-12(16)21-11/h3-8H,2H2,1H3,(H2,17,18). The van der Waals surface area contributed by atoms with Gasteiger partial charge >= 0.3 is 0 Å². The lowest BCUT2D eigenvalue weighted by molar-refractivity contribution is 0.340. The van der Waals surface area contributed by atoms with Crippen LogP contribution in [0.2, 0.25) is 4.34 Å². The van der Waals surface area contributed by atoms with E-state index in [4.69, 9.17) is 26.6 Å². The van der Waals surface area contributed by atoms with Crippen LogP contribution in [0.1, 0.15) is 6.92 Å². The van der Waals surface area contributed by atoms with Crippen molar-refractivity contribution in [3.8, 4) is 27.5 Å². The zero-order valence-electron chi connectivity index (χ0n) is 11.3. The Hall–Kier alpha value is -1.98. The summed E-state index contributed by atoms with van der Waals surface area (Å²) < 4.78 is 11.5. The molecular formula is C15H13ClN2O2S. The fourth-order valence-electron chi connectivity index (χ4n) is 2.07. The Morgan fingerprint density at radius 3 is 2.62 bits per heavy atom. The van der Waals surface area contributed by atoms with Crippen molar-refractivity contribution < 1.29 is 9.26 Å². The van der Waals surface area contributed by atoms with E-state index in [0.29, 0.717) is 22.5 Å². The van der Waals surface area contributed by atoms with Crippen LogP contribution in [-0.2, 0) is 0 Å². The quantitative estimate of drug-likeness (QED) is 0.756. The maximum Gasteiger partial charge on any atom is 0.186 e. The third-order valence-corrected chi connectivity index (χ3v) is 4.20. The molecule has 0 atom stereocenters. The number of hydrogen-bond donors (Lipinski definition) is 1. The SMILES string of the molecule is CCOc1ccc(-c2c(N)noc2-c2ccc(Cl)s2)cc1. The van der Waals surface area contributed by atoms with E-state index in [0.717, 1.165) is 21.8 Å². The maximum absolute atomic E-state index is 5.98. The number of aromatic nitrogens is 1. The Labute approximate surface area is 131 Å². The third kappa shape index (κ3) is 2.75. The first-order chi connectivity index (χ1) is 10.2. The molecule has 1 aromatic carbocycles. The molecule has 2 heterocycles. The minimum atomic E-state index is 0.360. The fourth-order valence-corrected chi connectivity index (χ4v) is 3.10. The van der Waals surface area contributed by atoms with Gasteiger partial charge in [-0.25, -0.2) is 0 Å². The maximum atomic E-state index is 5.98. The summed E-state index contributed by atoms with van der Waals surface area (Å²) in [5.41, 5.74) is 7.65. The largest absolute Gasteiger partial charge is 0.494 e.